The summed E-state index contributed by atoms with van der Waals surface area (Å²) in [7, 11) is 0. The summed E-state index contributed by atoms with van der Waals surface area (Å²) in [6.07, 6.45) is 9.59. The van der Waals surface area contributed by atoms with Gasteiger partial charge in [0.25, 0.3) is 0 Å². The number of nitrogens with zero attached hydrogens (tertiary/aromatic N) is 1. The maximum Gasteiger partial charge on any atom is 0.125 e. The van der Waals surface area contributed by atoms with Gasteiger partial charge in [0.15, 0.2) is 0 Å². The van der Waals surface area contributed by atoms with Crippen LogP contribution in [-0.4, -0.2) is 17.8 Å². The molecule has 0 saturated heterocycles. The maximum atomic E-state index is 4.38. The first-order chi connectivity index (χ1) is 7.38. The van der Waals surface area contributed by atoms with Crippen molar-refractivity contribution in [3.05, 3.63) is 18.3 Å². The van der Waals surface area contributed by atoms with Crippen LogP contribution in [0.1, 0.15) is 25.7 Å². The van der Waals surface area contributed by atoms with E-state index < -0.39 is 0 Å². The van der Waals surface area contributed by atoms with Crippen molar-refractivity contribution < 1.29 is 0 Å². The third-order valence-corrected chi connectivity index (χ3v) is 3.73. The fraction of sp³-hybridized carbons (Fsp3) is 0.583. The zero-order valence-corrected chi connectivity index (χ0v) is 10.0. The summed E-state index contributed by atoms with van der Waals surface area (Å²) in [5.74, 6) is 1.88. The van der Waals surface area contributed by atoms with E-state index in [-0.39, 0.29) is 0 Å². The zero-order chi connectivity index (χ0) is 10.5. The van der Waals surface area contributed by atoms with Crippen molar-refractivity contribution in [3.8, 4) is 0 Å². The molecule has 1 aromatic rings. The molecule has 2 rings (SSSR count). The normalized spacial score (nSPS) is 16.9. The first kappa shape index (κ1) is 10.8. The lowest BCUT2D eigenvalue weighted by molar-refractivity contribution is 0.579. The fourth-order valence-corrected chi connectivity index (χ4v) is 2.43. The van der Waals surface area contributed by atoms with E-state index in [2.05, 4.69) is 28.7 Å². The second-order valence-electron chi connectivity index (χ2n) is 4.11. The molecule has 0 radical (unpaired) electrons. The number of hydrogen-bond donors (Lipinski definition) is 1. The monoisotopic (exact) mass is 222 g/mol. The number of aromatic nitrogens is 1. The molecular formula is C12H18N2S. The smallest absolute Gasteiger partial charge is 0.125 e. The topological polar surface area (TPSA) is 24.9 Å². The molecule has 1 aromatic heterocycles. The van der Waals surface area contributed by atoms with Crippen molar-refractivity contribution in [3.63, 3.8) is 0 Å². The quantitative estimate of drug-likeness (QED) is 0.790. The molecule has 1 heterocycles. The highest BCUT2D eigenvalue weighted by Crippen LogP contribution is 2.24. The molecule has 1 saturated carbocycles. The molecule has 0 aliphatic heterocycles. The van der Waals surface area contributed by atoms with Gasteiger partial charge in [-0.25, -0.2) is 4.98 Å². The van der Waals surface area contributed by atoms with Gasteiger partial charge >= 0.3 is 0 Å². The lowest BCUT2D eigenvalue weighted by Crippen LogP contribution is -2.11. The third-order valence-electron chi connectivity index (χ3n) is 3.02. The van der Waals surface area contributed by atoms with Gasteiger partial charge in [0, 0.05) is 17.6 Å². The highest BCUT2D eigenvalue weighted by molar-refractivity contribution is 7.98. The van der Waals surface area contributed by atoms with Crippen LogP contribution in [0.4, 0.5) is 5.82 Å². The van der Waals surface area contributed by atoms with Gasteiger partial charge in [0.1, 0.15) is 5.82 Å². The second-order valence-corrected chi connectivity index (χ2v) is 4.99. The third kappa shape index (κ3) is 3.13. The molecule has 0 bridgehead atoms. The van der Waals surface area contributed by atoms with E-state index in [0.717, 1.165) is 18.3 Å². The molecule has 15 heavy (non-hydrogen) atoms. The molecule has 82 valence electrons. The summed E-state index contributed by atoms with van der Waals surface area (Å²) in [5.41, 5.74) is 0. The van der Waals surface area contributed by atoms with E-state index in [9.17, 15) is 0 Å². The molecule has 1 aliphatic carbocycles. The molecule has 3 heteroatoms. The first-order valence-corrected chi connectivity index (χ1v) is 6.85. The van der Waals surface area contributed by atoms with Gasteiger partial charge in [-0.3, -0.25) is 0 Å². The minimum absolute atomic E-state index is 0.868. The van der Waals surface area contributed by atoms with E-state index >= 15 is 0 Å². The molecule has 0 unspecified atom stereocenters. The minimum atomic E-state index is 0.868. The summed E-state index contributed by atoms with van der Waals surface area (Å²) < 4.78 is 0. The number of nitrogens with one attached hydrogen (secondary N) is 1. The predicted octanol–water partition coefficient (Wildman–Crippen LogP) is 3.41. The standard InChI is InChI=1S/C12H18N2S/c1-15-11-6-7-12(14-9-11)13-8-10-4-2-3-5-10/h6-7,9-10H,2-5,8H2,1H3,(H,13,14). The average molecular weight is 222 g/mol. The van der Waals surface area contributed by atoms with Crippen molar-refractivity contribution in [2.45, 2.75) is 30.6 Å². The van der Waals surface area contributed by atoms with Crippen LogP contribution in [0.25, 0.3) is 0 Å². The van der Waals surface area contributed by atoms with Gasteiger partial charge in [-0.15, -0.1) is 11.8 Å². The van der Waals surface area contributed by atoms with E-state index in [1.807, 2.05) is 6.20 Å². The minimum Gasteiger partial charge on any atom is -0.370 e. The van der Waals surface area contributed by atoms with Gasteiger partial charge < -0.3 is 5.32 Å². The van der Waals surface area contributed by atoms with Gasteiger partial charge in [0.05, 0.1) is 0 Å². The lowest BCUT2D eigenvalue weighted by Gasteiger charge is -2.10. The van der Waals surface area contributed by atoms with Crippen LogP contribution >= 0.6 is 11.8 Å². The van der Waals surface area contributed by atoms with Crippen LogP contribution in [0, 0.1) is 5.92 Å². The molecule has 1 N–H and O–H groups in total. The van der Waals surface area contributed by atoms with Crippen LogP contribution in [0.2, 0.25) is 0 Å². The first-order valence-electron chi connectivity index (χ1n) is 5.62. The number of rotatable bonds is 4. The van der Waals surface area contributed by atoms with Crippen molar-refractivity contribution in [1.29, 1.82) is 0 Å². The van der Waals surface area contributed by atoms with E-state index in [1.54, 1.807) is 11.8 Å². The summed E-state index contributed by atoms with van der Waals surface area (Å²) in [5, 5.41) is 3.42. The molecule has 1 fully saturated rings. The Labute approximate surface area is 95.9 Å². The number of thioether (sulfide) groups is 1. The molecular weight excluding hydrogens is 204 g/mol. The Morgan fingerprint density at radius 2 is 2.20 bits per heavy atom. The average Bonchev–Trinajstić information content (AvgIpc) is 2.80. The van der Waals surface area contributed by atoms with Crippen molar-refractivity contribution in [1.82, 2.24) is 4.98 Å². The molecule has 0 amide bonds. The van der Waals surface area contributed by atoms with Gasteiger partial charge in [-0.1, -0.05) is 12.8 Å². The van der Waals surface area contributed by atoms with Crippen molar-refractivity contribution in [2.24, 2.45) is 5.92 Å². The highest BCUT2D eigenvalue weighted by Gasteiger charge is 2.14. The maximum absolute atomic E-state index is 4.38. The van der Waals surface area contributed by atoms with E-state index in [4.69, 9.17) is 0 Å². The number of anilines is 1. The van der Waals surface area contributed by atoms with E-state index in [1.165, 1.54) is 30.6 Å². The Bertz CT molecular complexity index is 291. The lowest BCUT2D eigenvalue weighted by atomic mass is 10.1. The summed E-state index contributed by atoms with van der Waals surface area (Å²) in [6.45, 7) is 1.09. The highest BCUT2D eigenvalue weighted by atomic mass is 32.2. The second kappa shape index (κ2) is 5.40. The van der Waals surface area contributed by atoms with Crippen LogP contribution in [0.5, 0.6) is 0 Å². The Kier molecular flexibility index (Phi) is 3.89. The van der Waals surface area contributed by atoms with Crippen molar-refractivity contribution in [2.75, 3.05) is 18.1 Å². The predicted molar refractivity (Wildman–Crippen MR) is 66.5 cm³/mol. The van der Waals surface area contributed by atoms with Crippen molar-refractivity contribution >= 4 is 17.6 Å². The Hall–Kier alpha value is -0.700. The summed E-state index contributed by atoms with van der Waals surface area (Å²) in [4.78, 5) is 5.60. The Balaban J connectivity index is 1.82. The summed E-state index contributed by atoms with van der Waals surface area (Å²) >= 11 is 1.73. The zero-order valence-electron chi connectivity index (χ0n) is 9.20. The van der Waals surface area contributed by atoms with Gasteiger partial charge in [0.2, 0.25) is 0 Å². The Morgan fingerprint density at radius 3 is 2.80 bits per heavy atom. The molecule has 1 aliphatic rings. The van der Waals surface area contributed by atoms with Crippen LogP contribution in [0.3, 0.4) is 0 Å². The largest absolute Gasteiger partial charge is 0.370 e. The van der Waals surface area contributed by atoms with Crippen LogP contribution in [-0.2, 0) is 0 Å². The number of hydrogen-bond acceptors (Lipinski definition) is 3. The van der Waals surface area contributed by atoms with E-state index in [0.29, 0.717) is 0 Å². The van der Waals surface area contributed by atoms with Crippen LogP contribution < -0.4 is 5.32 Å². The number of pyridine rings is 1. The fourth-order valence-electron chi connectivity index (χ4n) is 2.07. The molecule has 0 spiro atoms. The molecule has 0 aromatic carbocycles. The molecule has 2 nitrogen and oxygen atoms in total. The Morgan fingerprint density at radius 1 is 1.40 bits per heavy atom. The summed E-state index contributed by atoms with van der Waals surface area (Å²) in [6, 6.07) is 4.19. The molecule has 0 atom stereocenters. The van der Waals surface area contributed by atoms with Crippen LogP contribution in [0.15, 0.2) is 23.2 Å². The SMILES string of the molecule is CSc1ccc(NCC2CCCC2)nc1. The van der Waals surface area contributed by atoms with Gasteiger partial charge in [-0.2, -0.15) is 0 Å². The van der Waals surface area contributed by atoms with Gasteiger partial charge in [-0.05, 0) is 37.1 Å².